The zero-order valence-corrected chi connectivity index (χ0v) is 26.1. The Balaban J connectivity index is 1.24. The maximum absolute atomic E-state index is 14.2. The number of hydrogen-bond donors (Lipinski definition) is 1. The Kier molecular flexibility index (Phi) is 7.65. The van der Waals surface area contributed by atoms with Crippen LogP contribution in [-0.2, 0) is 4.79 Å². The summed E-state index contributed by atoms with van der Waals surface area (Å²) in [5.41, 5.74) is 11.2. The monoisotopic (exact) mass is 617 g/mol. The van der Waals surface area contributed by atoms with E-state index in [-0.39, 0.29) is 5.91 Å². The number of benzene rings is 6. The molecule has 2 heterocycles. The fraction of sp³-hybridized carbons (Fsp3) is 0. The Morgan fingerprint density at radius 3 is 1.67 bits per heavy atom. The van der Waals surface area contributed by atoms with E-state index in [0.29, 0.717) is 11.4 Å². The van der Waals surface area contributed by atoms with Crippen LogP contribution < -0.4 is 10.2 Å². The van der Waals surface area contributed by atoms with Crippen LogP contribution in [0.4, 0.5) is 17.1 Å². The van der Waals surface area contributed by atoms with E-state index >= 15 is 0 Å². The molecule has 1 aromatic heterocycles. The van der Waals surface area contributed by atoms with Gasteiger partial charge in [0, 0.05) is 11.1 Å². The van der Waals surface area contributed by atoms with Crippen LogP contribution in [0.15, 0.2) is 182 Å². The second kappa shape index (κ2) is 12.7. The van der Waals surface area contributed by atoms with E-state index in [4.69, 9.17) is 4.98 Å². The summed E-state index contributed by atoms with van der Waals surface area (Å²) < 4.78 is 0. The first-order chi connectivity index (χ1) is 23.7. The standard InChI is InChI=1S/C44H31N3O/c48-44-40(30-36-27-24-31-14-10-11-21-38(31)45-36)46-39-22-12-13-23-41(39)47(44)37-28-25-35(26-29-37)43(34-19-8-3-9-20-34)42(32-15-4-1-5-16-32)33-17-6-2-7-18-33/h1-30,46H/b40-30-. The lowest BCUT2D eigenvalue weighted by molar-refractivity contribution is -0.114. The van der Waals surface area contributed by atoms with Gasteiger partial charge in [0.25, 0.3) is 5.91 Å². The molecular formula is C44H31N3O. The van der Waals surface area contributed by atoms with E-state index in [0.717, 1.165) is 61.4 Å². The van der Waals surface area contributed by atoms with Gasteiger partial charge in [0.2, 0.25) is 0 Å². The minimum absolute atomic E-state index is 0.149. The van der Waals surface area contributed by atoms with E-state index < -0.39 is 0 Å². The van der Waals surface area contributed by atoms with E-state index in [9.17, 15) is 4.79 Å². The minimum atomic E-state index is -0.149. The van der Waals surface area contributed by atoms with Crippen LogP contribution in [0.5, 0.6) is 0 Å². The molecule has 0 radical (unpaired) electrons. The molecule has 0 unspecified atom stereocenters. The Morgan fingerprint density at radius 2 is 1.04 bits per heavy atom. The summed E-state index contributed by atoms with van der Waals surface area (Å²) in [7, 11) is 0. The number of hydrogen-bond acceptors (Lipinski definition) is 3. The molecule has 4 nitrogen and oxygen atoms in total. The summed E-state index contributed by atoms with van der Waals surface area (Å²) in [6.45, 7) is 0. The molecule has 4 heteroatoms. The van der Waals surface area contributed by atoms with Crippen molar-refractivity contribution in [2.75, 3.05) is 10.2 Å². The number of rotatable bonds is 6. The Labute approximate surface area is 280 Å². The van der Waals surface area contributed by atoms with Gasteiger partial charge >= 0.3 is 0 Å². The molecule has 1 amide bonds. The molecule has 0 atom stereocenters. The molecule has 0 fully saturated rings. The second-order valence-electron chi connectivity index (χ2n) is 11.7. The van der Waals surface area contributed by atoms with Crippen LogP contribution >= 0.6 is 0 Å². The highest BCUT2D eigenvalue weighted by atomic mass is 16.2. The highest BCUT2D eigenvalue weighted by molar-refractivity contribution is 6.19. The van der Waals surface area contributed by atoms with Gasteiger partial charge in [-0.15, -0.1) is 0 Å². The largest absolute Gasteiger partial charge is 0.349 e. The predicted octanol–water partition coefficient (Wildman–Crippen LogP) is 10.4. The first-order valence-electron chi connectivity index (χ1n) is 16.0. The van der Waals surface area contributed by atoms with Gasteiger partial charge in [0.15, 0.2) is 0 Å². The molecule has 1 N–H and O–H groups in total. The number of carbonyl (C=O) groups is 1. The van der Waals surface area contributed by atoms with E-state index in [2.05, 4.69) is 90.2 Å². The predicted molar refractivity (Wildman–Crippen MR) is 198 cm³/mol. The summed E-state index contributed by atoms with van der Waals surface area (Å²) in [4.78, 5) is 20.8. The number of para-hydroxylation sites is 3. The number of aromatic nitrogens is 1. The Bertz CT molecular complexity index is 2270. The average Bonchev–Trinajstić information content (AvgIpc) is 3.15. The second-order valence-corrected chi connectivity index (χ2v) is 11.7. The molecule has 0 saturated carbocycles. The van der Waals surface area contributed by atoms with Crippen LogP contribution in [0, 0.1) is 0 Å². The van der Waals surface area contributed by atoms with Crippen LogP contribution in [0.2, 0.25) is 0 Å². The lowest BCUT2D eigenvalue weighted by Crippen LogP contribution is -2.34. The number of nitrogens with one attached hydrogen (secondary N) is 1. The van der Waals surface area contributed by atoms with E-state index in [1.807, 2.05) is 97.1 Å². The first-order valence-corrected chi connectivity index (χ1v) is 16.0. The molecule has 1 aliphatic rings. The van der Waals surface area contributed by atoms with Gasteiger partial charge in [0.05, 0.1) is 22.6 Å². The smallest absolute Gasteiger partial charge is 0.279 e. The SMILES string of the molecule is O=C1/C(=C/c2ccc3ccccc3n2)Nc2ccccc2N1c1ccc(C(=C(c2ccccc2)c2ccccc2)c2ccccc2)cc1. The number of anilines is 3. The summed E-state index contributed by atoms with van der Waals surface area (Å²) in [6, 6.07) is 59.7. The lowest BCUT2D eigenvalue weighted by atomic mass is 9.86. The molecule has 0 saturated heterocycles. The van der Waals surface area contributed by atoms with Crippen molar-refractivity contribution in [3.63, 3.8) is 0 Å². The van der Waals surface area contributed by atoms with Gasteiger partial charge in [-0.2, -0.15) is 0 Å². The molecule has 0 spiro atoms. The molecule has 8 rings (SSSR count). The van der Waals surface area contributed by atoms with Crippen molar-refractivity contribution in [1.82, 2.24) is 4.98 Å². The zero-order chi connectivity index (χ0) is 32.3. The molecule has 7 aromatic rings. The average molecular weight is 618 g/mol. The van der Waals surface area contributed by atoms with E-state index in [1.165, 1.54) is 0 Å². The van der Waals surface area contributed by atoms with Crippen molar-refractivity contribution >= 4 is 51.1 Å². The maximum Gasteiger partial charge on any atom is 0.279 e. The highest BCUT2D eigenvalue weighted by Gasteiger charge is 2.29. The number of nitrogens with zero attached hydrogens (tertiary/aromatic N) is 2. The Hall–Kier alpha value is -6.52. The number of pyridine rings is 1. The van der Waals surface area contributed by atoms with Gasteiger partial charge in [-0.3, -0.25) is 9.69 Å². The van der Waals surface area contributed by atoms with Gasteiger partial charge < -0.3 is 5.32 Å². The van der Waals surface area contributed by atoms with Gasteiger partial charge in [-0.1, -0.05) is 140 Å². The van der Waals surface area contributed by atoms with Crippen molar-refractivity contribution in [2.24, 2.45) is 0 Å². The maximum atomic E-state index is 14.2. The van der Waals surface area contributed by atoms with Crippen molar-refractivity contribution < 1.29 is 4.79 Å². The van der Waals surface area contributed by atoms with Crippen LogP contribution in [0.3, 0.4) is 0 Å². The third kappa shape index (κ3) is 5.57. The third-order valence-electron chi connectivity index (χ3n) is 8.61. The minimum Gasteiger partial charge on any atom is -0.349 e. The zero-order valence-electron chi connectivity index (χ0n) is 26.1. The summed E-state index contributed by atoms with van der Waals surface area (Å²) >= 11 is 0. The Morgan fingerprint density at radius 1 is 0.521 bits per heavy atom. The van der Waals surface area contributed by atoms with Crippen LogP contribution in [-0.4, -0.2) is 10.9 Å². The summed E-state index contributed by atoms with van der Waals surface area (Å²) in [5, 5.41) is 4.42. The topological polar surface area (TPSA) is 45.2 Å². The molecule has 6 aromatic carbocycles. The molecular weight excluding hydrogens is 587 g/mol. The molecule has 228 valence electrons. The fourth-order valence-corrected chi connectivity index (χ4v) is 6.37. The summed E-state index contributed by atoms with van der Waals surface area (Å²) in [6.07, 6.45) is 1.83. The van der Waals surface area contributed by atoms with E-state index in [1.54, 1.807) is 4.90 Å². The first kappa shape index (κ1) is 28.9. The van der Waals surface area contributed by atoms with Crippen molar-refractivity contribution in [1.29, 1.82) is 0 Å². The molecule has 1 aliphatic heterocycles. The van der Waals surface area contributed by atoms with Gasteiger partial charge in [0.1, 0.15) is 5.70 Å². The van der Waals surface area contributed by atoms with Crippen molar-refractivity contribution in [2.45, 2.75) is 0 Å². The molecule has 0 bridgehead atoms. The van der Waals surface area contributed by atoms with Gasteiger partial charge in [-0.05, 0) is 75.9 Å². The molecule has 48 heavy (non-hydrogen) atoms. The van der Waals surface area contributed by atoms with Crippen molar-refractivity contribution in [3.05, 3.63) is 210 Å². The number of carbonyl (C=O) groups excluding carboxylic acids is 1. The third-order valence-corrected chi connectivity index (χ3v) is 8.61. The fourth-order valence-electron chi connectivity index (χ4n) is 6.37. The van der Waals surface area contributed by atoms with Crippen LogP contribution in [0.25, 0.3) is 28.1 Å². The normalized spacial score (nSPS) is 13.2. The number of amides is 1. The van der Waals surface area contributed by atoms with Crippen LogP contribution in [0.1, 0.15) is 27.9 Å². The highest BCUT2D eigenvalue weighted by Crippen LogP contribution is 2.41. The lowest BCUT2D eigenvalue weighted by Gasteiger charge is -2.32. The quantitative estimate of drug-likeness (QED) is 0.149. The molecule has 0 aliphatic carbocycles. The van der Waals surface area contributed by atoms with Gasteiger partial charge in [-0.25, -0.2) is 4.98 Å². The summed E-state index contributed by atoms with van der Waals surface area (Å²) in [5.74, 6) is -0.149. The number of fused-ring (bicyclic) bond motifs is 2. The van der Waals surface area contributed by atoms with Crippen molar-refractivity contribution in [3.8, 4) is 0 Å².